The lowest BCUT2D eigenvalue weighted by atomic mass is 9.85. The molecule has 1 saturated heterocycles. The Bertz CT molecular complexity index is 1200. The first-order chi connectivity index (χ1) is 16.4. The largest absolute Gasteiger partial charge is 0.377 e. The second-order valence-electron chi connectivity index (χ2n) is 10.3. The van der Waals surface area contributed by atoms with E-state index in [1.54, 1.807) is 26.8 Å². The number of sulfonamides is 1. The highest BCUT2D eigenvalue weighted by Crippen LogP contribution is 2.42. The Labute approximate surface area is 221 Å². The van der Waals surface area contributed by atoms with Gasteiger partial charge in [0.1, 0.15) is 4.90 Å². The number of halogens is 2. The van der Waals surface area contributed by atoms with Crippen molar-refractivity contribution >= 4 is 50.5 Å². The van der Waals surface area contributed by atoms with Crippen LogP contribution in [0.2, 0.25) is 10.0 Å². The molecule has 0 radical (unpaired) electrons. The third-order valence-electron chi connectivity index (χ3n) is 6.09. The zero-order valence-corrected chi connectivity index (χ0v) is 23.3. The summed E-state index contributed by atoms with van der Waals surface area (Å²) in [6, 6.07) is 3.12. The van der Waals surface area contributed by atoms with Crippen LogP contribution >= 0.6 is 34.5 Å². The molecule has 1 saturated carbocycles. The minimum atomic E-state index is -3.88. The van der Waals surface area contributed by atoms with Gasteiger partial charge in [0.15, 0.2) is 5.01 Å². The van der Waals surface area contributed by atoms with Crippen LogP contribution in [0.1, 0.15) is 68.4 Å². The quantitative estimate of drug-likeness (QED) is 0.470. The molecule has 1 amide bonds. The van der Waals surface area contributed by atoms with Gasteiger partial charge in [0.05, 0.1) is 39.9 Å². The number of thiazole rings is 1. The number of hydrogen-bond donors (Lipinski definition) is 2. The topological polar surface area (TPSA) is 97.4 Å². The minimum Gasteiger partial charge on any atom is -0.377 e. The van der Waals surface area contributed by atoms with Crippen LogP contribution in [0.5, 0.6) is 0 Å². The number of carbonyl (C=O) groups excluding carboxylic acids is 1. The maximum absolute atomic E-state index is 12.9. The molecule has 2 heterocycles. The van der Waals surface area contributed by atoms with Crippen molar-refractivity contribution in [2.24, 2.45) is 5.92 Å². The van der Waals surface area contributed by atoms with Crippen molar-refractivity contribution in [1.82, 2.24) is 15.0 Å². The number of benzene rings is 1. The molecular formula is C24H31Cl2N3O4S2. The van der Waals surface area contributed by atoms with Crippen LogP contribution in [0.25, 0.3) is 10.4 Å². The van der Waals surface area contributed by atoms with Crippen molar-refractivity contribution in [2.45, 2.75) is 75.8 Å². The van der Waals surface area contributed by atoms with E-state index in [0.717, 1.165) is 29.8 Å². The van der Waals surface area contributed by atoms with Gasteiger partial charge in [-0.25, -0.2) is 18.1 Å². The summed E-state index contributed by atoms with van der Waals surface area (Å²) in [6.45, 7) is 6.26. The molecule has 0 unspecified atom stereocenters. The smallest absolute Gasteiger partial charge is 0.280 e. The molecule has 0 atom stereocenters. The average Bonchev–Trinajstić information content (AvgIpc) is 3.15. The highest BCUT2D eigenvalue weighted by atomic mass is 35.5. The van der Waals surface area contributed by atoms with Crippen molar-refractivity contribution < 1.29 is 17.9 Å². The van der Waals surface area contributed by atoms with Gasteiger partial charge >= 0.3 is 0 Å². The van der Waals surface area contributed by atoms with Crippen LogP contribution in [0.3, 0.4) is 0 Å². The zero-order valence-electron chi connectivity index (χ0n) is 20.1. The summed E-state index contributed by atoms with van der Waals surface area (Å²) >= 11 is 14.4. The average molecular weight is 561 g/mol. The molecule has 1 aromatic carbocycles. The van der Waals surface area contributed by atoms with Gasteiger partial charge in [-0.2, -0.15) is 0 Å². The normalized spacial score (nSPS) is 17.9. The molecular weight excluding hydrogens is 529 g/mol. The highest BCUT2D eigenvalue weighted by molar-refractivity contribution is 7.89. The number of nitrogens with zero attached hydrogens (tertiary/aromatic N) is 1. The van der Waals surface area contributed by atoms with Crippen LogP contribution in [0.15, 0.2) is 17.0 Å². The van der Waals surface area contributed by atoms with Gasteiger partial charge in [0.2, 0.25) is 10.0 Å². The predicted molar refractivity (Wildman–Crippen MR) is 140 cm³/mol. The lowest BCUT2D eigenvalue weighted by Crippen LogP contribution is -2.48. The van der Waals surface area contributed by atoms with E-state index in [4.69, 9.17) is 32.9 Å². The van der Waals surface area contributed by atoms with E-state index in [1.165, 1.54) is 36.7 Å². The lowest BCUT2D eigenvalue weighted by molar-refractivity contribution is -0.00346. The van der Waals surface area contributed by atoms with Crippen molar-refractivity contribution in [2.75, 3.05) is 13.2 Å². The molecule has 192 valence electrons. The Morgan fingerprint density at radius 1 is 1.14 bits per heavy atom. The van der Waals surface area contributed by atoms with Crippen LogP contribution in [0.4, 0.5) is 0 Å². The van der Waals surface area contributed by atoms with E-state index >= 15 is 0 Å². The summed E-state index contributed by atoms with van der Waals surface area (Å²) in [4.78, 5) is 18.2. The number of rotatable bonds is 7. The predicted octanol–water partition coefficient (Wildman–Crippen LogP) is 5.45. The summed E-state index contributed by atoms with van der Waals surface area (Å²) in [5, 5.41) is 3.39. The van der Waals surface area contributed by atoms with E-state index in [9.17, 15) is 13.2 Å². The van der Waals surface area contributed by atoms with Crippen molar-refractivity contribution in [3.05, 3.63) is 32.9 Å². The van der Waals surface area contributed by atoms with Crippen molar-refractivity contribution in [3.63, 3.8) is 0 Å². The van der Waals surface area contributed by atoms with Gasteiger partial charge in [0.25, 0.3) is 5.91 Å². The molecule has 35 heavy (non-hydrogen) atoms. The van der Waals surface area contributed by atoms with Gasteiger partial charge < -0.3 is 10.1 Å². The molecule has 1 aliphatic carbocycles. The summed E-state index contributed by atoms with van der Waals surface area (Å²) in [6.07, 6.45) is 6.63. The van der Waals surface area contributed by atoms with Crippen LogP contribution in [0, 0.1) is 5.92 Å². The molecule has 2 aromatic rings. The van der Waals surface area contributed by atoms with Crippen molar-refractivity contribution in [3.8, 4) is 10.4 Å². The van der Waals surface area contributed by atoms with E-state index in [0.29, 0.717) is 29.7 Å². The molecule has 11 heteroatoms. The molecule has 2 N–H and O–H groups in total. The van der Waals surface area contributed by atoms with Gasteiger partial charge in [-0.3, -0.25) is 4.79 Å². The monoisotopic (exact) mass is 559 g/mol. The standard InChI is InChI=1S/C24H31Cl2N3O4S2/c1-24(2,3)29-35(31,32)18-10-9-16(19(25)20(18)26)21-17(11-14-7-5-4-6-8-14)28-23(34-21)22(30)27-15-12-33-13-15/h9-10,14-15,29H,4-8,11-13H2,1-3H3,(H,27,30). The number of ether oxygens (including phenoxy) is 1. The Kier molecular flexibility index (Phi) is 8.15. The van der Waals surface area contributed by atoms with Gasteiger partial charge in [-0.15, -0.1) is 11.3 Å². The minimum absolute atomic E-state index is 0.00511. The third-order valence-corrected chi connectivity index (χ3v) is 10.0. The number of carbonyl (C=O) groups is 1. The lowest BCUT2D eigenvalue weighted by Gasteiger charge is -2.26. The summed E-state index contributed by atoms with van der Waals surface area (Å²) in [5.74, 6) is 0.251. The molecule has 4 rings (SSSR count). The zero-order chi connectivity index (χ0) is 25.4. The van der Waals surface area contributed by atoms with Crippen LogP contribution in [-0.4, -0.2) is 44.1 Å². The fourth-order valence-corrected chi connectivity index (χ4v) is 7.77. The van der Waals surface area contributed by atoms with Gasteiger partial charge in [-0.1, -0.05) is 61.4 Å². The van der Waals surface area contributed by atoms with E-state index < -0.39 is 15.6 Å². The second kappa shape index (κ2) is 10.6. The Balaban J connectivity index is 1.71. The first-order valence-electron chi connectivity index (χ1n) is 11.9. The van der Waals surface area contributed by atoms with Crippen molar-refractivity contribution in [1.29, 1.82) is 0 Å². The molecule has 0 spiro atoms. The van der Waals surface area contributed by atoms with E-state index in [2.05, 4.69) is 10.0 Å². The van der Waals surface area contributed by atoms with Gasteiger partial charge in [0, 0.05) is 11.1 Å². The molecule has 2 fully saturated rings. The maximum Gasteiger partial charge on any atom is 0.280 e. The summed E-state index contributed by atoms with van der Waals surface area (Å²) in [5.41, 5.74) is 0.713. The molecule has 1 aromatic heterocycles. The summed E-state index contributed by atoms with van der Waals surface area (Å²) in [7, 11) is -3.88. The number of amides is 1. The molecule has 7 nitrogen and oxygen atoms in total. The highest BCUT2D eigenvalue weighted by Gasteiger charge is 2.29. The number of nitrogens with one attached hydrogen (secondary N) is 2. The third kappa shape index (κ3) is 6.37. The van der Waals surface area contributed by atoms with Gasteiger partial charge in [-0.05, 0) is 39.2 Å². The number of aromatic nitrogens is 1. The van der Waals surface area contributed by atoms with E-state index in [-0.39, 0.29) is 26.9 Å². The van der Waals surface area contributed by atoms with E-state index in [1.807, 2.05) is 0 Å². The summed E-state index contributed by atoms with van der Waals surface area (Å²) < 4.78 is 33.6. The fraction of sp³-hybridized carbons (Fsp3) is 0.583. The second-order valence-corrected chi connectivity index (χ2v) is 13.7. The maximum atomic E-state index is 12.9. The number of hydrogen-bond acceptors (Lipinski definition) is 6. The Morgan fingerprint density at radius 2 is 1.83 bits per heavy atom. The molecule has 2 aliphatic rings. The first-order valence-corrected chi connectivity index (χ1v) is 14.9. The Hall–Kier alpha value is -1.23. The first kappa shape index (κ1) is 26.8. The molecule has 1 aliphatic heterocycles. The van der Waals surface area contributed by atoms with Crippen LogP contribution in [-0.2, 0) is 21.2 Å². The fourth-order valence-electron chi connectivity index (χ4n) is 4.40. The molecule has 0 bridgehead atoms. The Morgan fingerprint density at radius 3 is 2.43 bits per heavy atom. The van der Waals surface area contributed by atoms with Crippen LogP contribution < -0.4 is 10.0 Å². The SMILES string of the molecule is CC(C)(C)NS(=O)(=O)c1ccc(-c2sc(C(=O)NC3COC3)nc2CC2CCCCC2)c(Cl)c1Cl.